The van der Waals surface area contributed by atoms with Crippen molar-refractivity contribution >= 4 is 6.09 Å². The number of ether oxygens (including phenoxy) is 1. The summed E-state index contributed by atoms with van der Waals surface area (Å²) < 4.78 is 18.7. The van der Waals surface area contributed by atoms with Crippen LogP contribution >= 0.6 is 0 Å². The first-order chi connectivity index (χ1) is 9.10. The van der Waals surface area contributed by atoms with Crippen LogP contribution in [0.4, 0.5) is 9.18 Å². The molecular formula is C13H15FN2O3. The Labute approximate surface area is 110 Å². The molecule has 2 fully saturated rings. The van der Waals surface area contributed by atoms with E-state index in [0.717, 1.165) is 19.3 Å². The van der Waals surface area contributed by atoms with Gasteiger partial charge in [0.15, 0.2) is 5.75 Å². The number of carbonyl (C=O) groups is 1. The zero-order chi connectivity index (χ0) is 13.5. The molecule has 1 spiro atoms. The zero-order valence-corrected chi connectivity index (χ0v) is 10.4. The van der Waals surface area contributed by atoms with Crippen LogP contribution < -0.4 is 4.74 Å². The van der Waals surface area contributed by atoms with Crippen LogP contribution in [0.15, 0.2) is 18.3 Å². The van der Waals surface area contributed by atoms with Crippen molar-refractivity contribution in [1.29, 1.82) is 0 Å². The van der Waals surface area contributed by atoms with Gasteiger partial charge in [-0.1, -0.05) is 0 Å². The highest BCUT2D eigenvalue weighted by molar-refractivity contribution is 5.66. The molecule has 2 aliphatic rings. The molecule has 0 bridgehead atoms. The monoisotopic (exact) mass is 266 g/mol. The van der Waals surface area contributed by atoms with Crippen LogP contribution in [0.3, 0.4) is 0 Å². The van der Waals surface area contributed by atoms with E-state index in [4.69, 9.17) is 4.74 Å². The number of amides is 1. The maximum atomic E-state index is 13.3. The third-order valence-electron chi connectivity index (χ3n) is 3.97. The van der Waals surface area contributed by atoms with Crippen molar-refractivity contribution in [2.24, 2.45) is 5.41 Å². The maximum absolute atomic E-state index is 13.3. The highest BCUT2D eigenvalue weighted by Gasteiger charge is 2.53. The van der Waals surface area contributed by atoms with Gasteiger partial charge in [-0.25, -0.2) is 9.78 Å². The predicted octanol–water partition coefficient (Wildman–Crippen LogP) is 2.13. The van der Waals surface area contributed by atoms with Crippen molar-refractivity contribution in [1.82, 2.24) is 9.88 Å². The Morgan fingerprint density at radius 3 is 3.05 bits per heavy atom. The van der Waals surface area contributed by atoms with E-state index < -0.39 is 12.0 Å². The lowest BCUT2D eigenvalue weighted by molar-refractivity contribution is 0.121. The summed E-state index contributed by atoms with van der Waals surface area (Å²) in [5.74, 6) is -0.590. The molecule has 1 saturated heterocycles. The Bertz CT molecular complexity index is 504. The molecule has 1 aliphatic heterocycles. The van der Waals surface area contributed by atoms with Crippen LogP contribution in [0.25, 0.3) is 0 Å². The minimum atomic E-state index is -0.927. The number of likely N-dealkylation sites (tertiary alicyclic amines) is 1. The van der Waals surface area contributed by atoms with E-state index in [9.17, 15) is 14.3 Å². The first kappa shape index (κ1) is 12.2. The number of hydrogen-bond acceptors (Lipinski definition) is 3. The molecule has 102 valence electrons. The van der Waals surface area contributed by atoms with Crippen molar-refractivity contribution in [3.63, 3.8) is 0 Å². The Hall–Kier alpha value is -1.85. The number of pyridine rings is 1. The van der Waals surface area contributed by atoms with E-state index >= 15 is 0 Å². The van der Waals surface area contributed by atoms with E-state index in [1.165, 1.54) is 17.2 Å². The molecule has 1 saturated carbocycles. The molecule has 1 aromatic rings. The van der Waals surface area contributed by atoms with Gasteiger partial charge in [-0.3, -0.25) is 0 Å². The molecule has 1 atom stereocenters. The molecule has 1 N–H and O–H groups in total. The first-order valence-corrected chi connectivity index (χ1v) is 6.33. The van der Waals surface area contributed by atoms with Crippen LogP contribution in [0.1, 0.15) is 19.3 Å². The third kappa shape index (κ3) is 2.34. The highest BCUT2D eigenvalue weighted by Crippen LogP contribution is 2.54. The van der Waals surface area contributed by atoms with Gasteiger partial charge >= 0.3 is 6.09 Å². The van der Waals surface area contributed by atoms with Crippen LogP contribution in [-0.4, -0.2) is 40.3 Å². The van der Waals surface area contributed by atoms with E-state index in [1.807, 2.05) is 0 Å². The summed E-state index contributed by atoms with van der Waals surface area (Å²) in [6.45, 7) is 0.753. The van der Waals surface area contributed by atoms with Crippen molar-refractivity contribution in [2.75, 3.05) is 13.2 Å². The molecule has 2 heterocycles. The number of carboxylic acid groups (broad SMARTS) is 1. The molecule has 5 nitrogen and oxygen atoms in total. The first-order valence-electron chi connectivity index (χ1n) is 6.33. The zero-order valence-electron chi connectivity index (χ0n) is 10.4. The molecule has 1 aromatic heterocycles. The molecule has 19 heavy (non-hydrogen) atoms. The Balaban J connectivity index is 1.66. The van der Waals surface area contributed by atoms with Gasteiger partial charge in [0.05, 0.1) is 6.04 Å². The summed E-state index contributed by atoms with van der Waals surface area (Å²) in [5, 5.41) is 9.18. The Morgan fingerprint density at radius 1 is 1.63 bits per heavy atom. The lowest BCUT2D eigenvalue weighted by Crippen LogP contribution is -2.38. The van der Waals surface area contributed by atoms with Gasteiger partial charge in [-0.15, -0.1) is 0 Å². The fraction of sp³-hybridized carbons (Fsp3) is 0.538. The molecule has 0 unspecified atom stereocenters. The SMILES string of the molecule is O=C(O)N1CC2(CC2)C[C@H]1COc1cccnc1F. The van der Waals surface area contributed by atoms with E-state index in [0.29, 0.717) is 6.54 Å². The summed E-state index contributed by atoms with van der Waals surface area (Å²) in [6.07, 6.45) is 3.38. The average Bonchev–Trinajstić information content (AvgIpc) is 3.01. The molecule has 6 heteroatoms. The number of nitrogens with zero attached hydrogens (tertiary/aromatic N) is 2. The van der Waals surface area contributed by atoms with Gasteiger partial charge in [0.2, 0.25) is 0 Å². The summed E-state index contributed by atoms with van der Waals surface area (Å²) >= 11 is 0. The maximum Gasteiger partial charge on any atom is 0.407 e. The standard InChI is InChI=1S/C13H15FN2O3/c14-11-10(2-1-5-15-11)19-7-9-6-13(3-4-13)8-16(9)12(17)18/h1-2,5,9H,3-4,6-8H2,(H,17,18)/t9-/m0/s1. The smallest absolute Gasteiger partial charge is 0.407 e. The van der Waals surface area contributed by atoms with Gasteiger partial charge in [0, 0.05) is 12.7 Å². The minimum absolute atomic E-state index is 0.0737. The Kier molecular flexibility index (Phi) is 2.80. The highest BCUT2D eigenvalue weighted by atomic mass is 19.1. The second kappa shape index (κ2) is 4.36. The summed E-state index contributed by atoms with van der Waals surface area (Å²) in [7, 11) is 0. The molecule has 1 aliphatic carbocycles. The van der Waals surface area contributed by atoms with Crippen molar-refractivity contribution in [3.05, 3.63) is 24.3 Å². The molecular weight excluding hydrogens is 251 g/mol. The van der Waals surface area contributed by atoms with Crippen LogP contribution in [-0.2, 0) is 0 Å². The van der Waals surface area contributed by atoms with Crippen molar-refractivity contribution in [2.45, 2.75) is 25.3 Å². The van der Waals surface area contributed by atoms with Crippen LogP contribution in [0.2, 0.25) is 0 Å². The average molecular weight is 266 g/mol. The van der Waals surface area contributed by atoms with E-state index in [1.54, 1.807) is 6.07 Å². The molecule has 0 radical (unpaired) electrons. The van der Waals surface area contributed by atoms with Crippen molar-refractivity contribution < 1.29 is 19.0 Å². The van der Waals surface area contributed by atoms with Gasteiger partial charge in [-0.2, -0.15) is 4.39 Å². The fourth-order valence-electron chi connectivity index (χ4n) is 2.74. The number of hydrogen-bond donors (Lipinski definition) is 1. The number of aromatic nitrogens is 1. The van der Waals surface area contributed by atoms with Gasteiger partial charge in [0.1, 0.15) is 6.61 Å². The van der Waals surface area contributed by atoms with Gasteiger partial charge in [-0.05, 0) is 36.8 Å². The quantitative estimate of drug-likeness (QED) is 0.851. The lowest BCUT2D eigenvalue weighted by atomic mass is 10.0. The van der Waals surface area contributed by atoms with Crippen LogP contribution in [0.5, 0.6) is 5.75 Å². The molecule has 1 amide bonds. The van der Waals surface area contributed by atoms with Crippen LogP contribution in [0, 0.1) is 11.4 Å². The van der Waals surface area contributed by atoms with Gasteiger partial charge in [0.25, 0.3) is 5.95 Å². The summed E-state index contributed by atoms with van der Waals surface area (Å²) in [6, 6.07) is 2.89. The largest absolute Gasteiger partial charge is 0.487 e. The van der Waals surface area contributed by atoms with Gasteiger partial charge < -0.3 is 14.7 Å². The molecule has 0 aromatic carbocycles. The van der Waals surface area contributed by atoms with Crippen molar-refractivity contribution in [3.8, 4) is 5.75 Å². The topological polar surface area (TPSA) is 62.7 Å². The normalized spacial score (nSPS) is 23.6. The second-order valence-corrected chi connectivity index (χ2v) is 5.37. The molecule has 3 rings (SSSR count). The number of halogens is 1. The van der Waals surface area contributed by atoms with E-state index in [2.05, 4.69) is 4.98 Å². The minimum Gasteiger partial charge on any atom is -0.487 e. The summed E-state index contributed by atoms with van der Waals surface area (Å²) in [4.78, 5) is 16.1. The summed E-state index contributed by atoms with van der Waals surface area (Å²) in [5.41, 5.74) is 0.167. The lowest BCUT2D eigenvalue weighted by Gasteiger charge is -2.21. The number of rotatable bonds is 3. The van der Waals surface area contributed by atoms with E-state index in [-0.39, 0.29) is 23.8 Å². The second-order valence-electron chi connectivity index (χ2n) is 5.37. The predicted molar refractivity (Wildman–Crippen MR) is 64.5 cm³/mol. The third-order valence-corrected chi connectivity index (χ3v) is 3.97. The Morgan fingerprint density at radius 2 is 2.42 bits per heavy atom. The fourth-order valence-corrected chi connectivity index (χ4v) is 2.74.